The van der Waals surface area contributed by atoms with Gasteiger partial charge in [-0.3, -0.25) is 4.79 Å². The number of carbonyl (C=O) groups is 1. The lowest BCUT2D eigenvalue weighted by Crippen LogP contribution is -2.49. The Bertz CT molecular complexity index is 728. The molecule has 0 aliphatic carbocycles. The number of oxazole rings is 1. The first-order valence-corrected chi connectivity index (χ1v) is 8.02. The first kappa shape index (κ1) is 15.6. The zero-order valence-electron chi connectivity index (χ0n) is 14.2. The highest BCUT2D eigenvalue weighted by atomic mass is 16.4. The van der Waals surface area contributed by atoms with Gasteiger partial charge in [-0.2, -0.15) is 0 Å². The molecule has 1 aromatic carbocycles. The second-order valence-electron chi connectivity index (χ2n) is 6.15. The summed E-state index contributed by atoms with van der Waals surface area (Å²) in [5, 5.41) is 0. The summed E-state index contributed by atoms with van der Waals surface area (Å²) in [6.07, 6.45) is 0. The number of rotatable bonds is 2. The molecule has 1 aromatic heterocycles. The predicted octanol–water partition coefficient (Wildman–Crippen LogP) is 2.87. The summed E-state index contributed by atoms with van der Waals surface area (Å²) in [7, 11) is 0. The third-order valence-corrected chi connectivity index (χ3v) is 4.58. The third kappa shape index (κ3) is 2.96. The molecule has 0 spiro atoms. The minimum Gasteiger partial charge on any atom is -0.436 e. The van der Waals surface area contributed by atoms with Crippen molar-refractivity contribution in [3.05, 3.63) is 46.7 Å². The Labute approximate surface area is 136 Å². The molecule has 2 aromatic rings. The smallest absolute Gasteiger partial charge is 0.291 e. The highest BCUT2D eigenvalue weighted by Crippen LogP contribution is 2.24. The first-order valence-electron chi connectivity index (χ1n) is 8.02. The number of aryl methyl sites for hydroxylation is 3. The molecule has 3 rings (SSSR count). The Hall–Kier alpha value is -2.30. The van der Waals surface area contributed by atoms with Crippen LogP contribution in [0.15, 0.2) is 22.6 Å². The van der Waals surface area contributed by atoms with Crippen molar-refractivity contribution in [2.45, 2.75) is 27.7 Å². The van der Waals surface area contributed by atoms with Crippen molar-refractivity contribution in [3.63, 3.8) is 0 Å². The monoisotopic (exact) mass is 313 g/mol. The van der Waals surface area contributed by atoms with E-state index in [4.69, 9.17) is 4.42 Å². The van der Waals surface area contributed by atoms with E-state index in [0.29, 0.717) is 30.4 Å². The molecular formula is C18H23N3O2. The third-order valence-electron chi connectivity index (χ3n) is 4.58. The molecule has 23 heavy (non-hydrogen) atoms. The number of benzene rings is 1. The highest BCUT2D eigenvalue weighted by Gasteiger charge is 2.26. The van der Waals surface area contributed by atoms with E-state index in [0.717, 1.165) is 13.1 Å². The van der Waals surface area contributed by atoms with Gasteiger partial charge < -0.3 is 14.2 Å². The highest BCUT2D eigenvalue weighted by molar-refractivity contribution is 5.92. The molecule has 1 amide bonds. The fourth-order valence-electron chi connectivity index (χ4n) is 3.10. The number of piperazine rings is 1. The molecule has 1 saturated heterocycles. The van der Waals surface area contributed by atoms with Gasteiger partial charge in [0.1, 0.15) is 0 Å². The molecule has 5 nitrogen and oxygen atoms in total. The predicted molar refractivity (Wildman–Crippen MR) is 90.0 cm³/mol. The van der Waals surface area contributed by atoms with Crippen LogP contribution in [0.5, 0.6) is 0 Å². The number of anilines is 1. The molecule has 2 heterocycles. The zero-order valence-corrected chi connectivity index (χ0v) is 14.2. The molecule has 0 saturated carbocycles. The Morgan fingerprint density at radius 2 is 1.78 bits per heavy atom. The van der Waals surface area contributed by atoms with Gasteiger partial charge in [0.2, 0.25) is 5.76 Å². The van der Waals surface area contributed by atoms with Gasteiger partial charge in [-0.1, -0.05) is 12.1 Å². The number of aromatic nitrogens is 1. The first-order chi connectivity index (χ1) is 11.0. The average Bonchev–Trinajstić information content (AvgIpc) is 2.88. The molecule has 1 fully saturated rings. The van der Waals surface area contributed by atoms with E-state index in [-0.39, 0.29) is 5.91 Å². The molecular weight excluding hydrogens is 290 g/mol. The average molecular weight is 313 g/mol. The molecule has 0 bridgehead atoms. The van der Waals surface area contributed by atoms with E-state index in [1.165, 1.54) is 16.8 Å². The van der Waals surface area contributed by atoms with Crippen LogP contribution in [-0.2, 0) is 0 Å². The Balaban J connectivity index is 1.70. The van der Waals surface area contributed by atoms with E-state index >= 15 is 0 Å². The van der Waals surface area contributed by atoms with Crippen LogP contribution >= 0.6 is 0 Å². The van der Waals surface area contributed by atoms with Gasteiger partial charge in [0.15, 0.2) is 5.89 Å². The van der Waals surface area contributed by atoms with E-state index in [1.54, 1.807) is 6.92 Å². The Kier molecular flexibility index (Phi) is 4.11. The summed E-state index contributed by atoms with van der Waals surface area (Å²) in [4.78, 5) is 21.0. The number of hydrogen-bond donors (Lipinski definition) is 0. The molecule has 5 heteroatoms. The van der Waals surface area contributed by atoms with Gasteiger partial charge in [-0.15, -0.1) is 0 Å². The summed E-state index contributed by atoms with van der Waals surface area (Å²) in [6, 6.07) is 6.38. The topological polar surface area (TPSA) is 49.6 Å². The quantitative estimate of drug-likeness (QED) is 0.855. The van der Waals surface area contributed by atoms with Crippen LogP contribution in [0.4, 0.5) is 5.69 Å². The lowest BCUT2D eigenvalue weighted by molar-refractivity contribution is 0.0712. The van der Waals surface area contributed by atoms with Crippen molar-refractivity contribution in [2.24, 2.45) is 0 Å². The zero-order chi connectivity index (χ0) is 16.6. The molecule has 122 valence electrons. The maximum absolute atomic E-state index is 12.6. The van der Waals surface area contributed by atoms with Gasteiger partial charge in [0.25, 0.3) is 5.91 Å². The number of nitrogens with zero attached hydrogens (tertiary/aromatic N) is 3. The van der Waals surface area contributed by atoms with Crippen LogP contribution in [0.2, 0.25) is 0 Å². The van der Waals surface area contributed by atoms with E-state index < -0.39 is 0 Å². The fraction of sp³-hybridized carbons (Fsp3) is 0.444. The van der Waals surface area contributed by atoms with Crippen LogP contribution in [0.1, 0.15) is 33.3 Å². The van der Waals surface area contributed by atoms with Crippen LogP contribution in [0.25, 0.3) is 0 Å². The van der Waals surface area contributed by atoms with Gasteiger partial charge >= 0.3 is 0 Å². The second-order valence-corrected chi connectivity index (χ2v) is 6.15. The lowest BCUT2D eigenvalue weighted by Gasteiger charge is -2.36. The second kappa shape index (κ2) is 6.07. The molecule has 0 N–H and O–H groups in total. The summed E-state index contributed by atoms with van der Waals surface area (Å²) >= 11 is 0. The van der Waals surface area contributed by atoms with Gasteiger partial charge in [0.05, 0.1) is 5.69 Å². The van der Waals surface area contributed by atoms with Gasteiger partial charge in [-0.25, -0.2) is 4.98 Å². The maximum atomic E-state index is 12.6. The summed E-state index contributed by atoms with van der Waals surface area (Å²) < 4.78 is 5.46. The van der Waals surface area contributed by atoms with E-state index in [2.05, 4.69) is 41.9 Å². The van der Waals surface area contributed by atoms with E-state index in [1.807, 2.05) is 11.8 Å². The lowest BCUT2D eigenvalue weighted by atomic mass is 10.1. The molecule has 1 aliphatic rings. The Morgan fingerprint density at radius 3 is 2.39 bits per heavy atom. The minimum absolute atomic E-state index is 0.0521. The normalized spacial score (nSPS) is 15.1. The molecule has 0 unspecified atom stereocenters. The SMILES string of the molecule is Cc1nc(C)c(C(=O)N2CCN(c3cccc(C)c3C)CC2)o1. The van der Waals surface area contributed by atoms with Crippen molar-refractivity contribution < 1.29 is 9.21 Å². The number of carbonyl (C=O) groups excluding carboxylic acids is 1. The van der Waals surface area contributed by atoms with Crippen molar-refractivity contribution >= 4 is 11.6 Å². The van der Waals surface area contributed by atoms with Crippen molar-refractivity contribution in [1.29, 1.82) is 0 Å². The van der Waals surface area contributed by atoms with E-state index in [9.17, 15) is 4.79 Å². The standard InChI is InChI=1S/C18H23N3O2/c1-12-6-5-7-16(13(12)2)20-8-10-21(11-9-20)18(22)17-14(3)19-15(4)23-17/h5-7H,8-11H2,1-4H3. The summed E-state index contributed by atoms with van der Waals surface area (Å²) in [5.74, 6) is 0.867. The summed E-state index contributed by atoms with van der Waals surface area (Å²) in [6.45, 7) is 10.9. The maximum Gasteiger partial charge on any atom is 0.291 e. The van der Waals surface area contributed by atoms with Crippen molar-refractivity contribution in [1.82, 2.24) is 9.88 Å². The molecule has 1 aliphatic heterocycles. The molecule has 0 atom stereocenters. The minimum atomic E-state index is -0.0521. The Morgan fingerprint density at radius 1 is 1.09 bits per heavy atom. The van der Waals surface area contributed by atoms with Crippen LogP contribution in [-0.4, -0.2) is 42.0 Å². The van der Waals surface area contributed by atoms with Crippen LogP contribution in [0.3, 0.4) is 0 Å². The van der Waals surface area contributed by atoms with Crippen LogP contribution < -0.4 is 4.90 Å². The fourth-order valence-corrected chi connectivity index (χ4v) is 3.10. The largest absolute Gasteiger partial charge is 0.436 e. The summed E-state index contributed by atoms with van der Waals surface area (Å²) in [5.41, 5.74) is 4.55. The van der Waals surface area contributed by atoms with Crippen LogP contribution in [0, 0.1) is 27.7 Å². The molecule has 0 radical (unpaired) electrons. The van der Waals surface area contributed by atoms with Crippen molar-refractivity contribution in [3.8, 4) is 0 Å². The van der Waals surface area contributed by atoms with Gasteiger partial charge in [0, 0.05) is 38.8 Å². The van der Waals surface area contributed by atoms with Gasteiger partial charge in [-0.05, 0) is 38.0 Å². The van der Waals surface area contributed by atoms with Crippen molar-refractivity contribution in [2.75, 3.05) is 31.1 Å². The number of amides is 1. The number of hydrogen-bond acceptors (Lipinski definition) is 4.